The molecule has 2 amide bonds. The molecule has 2 aliphatic rings. The minimum atomic E-state index is -0.304. The average molecular weight is 297 g/mol. The van der Waals surface area contributed by atoms with E-state index in [9.17, 15) is 9.59 Å². The van der Waals surface area contributed by atoms with Crippen LogP contribution in [0.5, 0.6) is 0 Å². The standard InChI is InChI=1S/C15H27N3O3/c1-11(2)15(20)18-6-4-5-13(18)14(19)16-9-12-10-17(3)7-8-21-12/h11-13H,4-10H2,1-3H3,(H,16,19). The summed E-state index contributed by atoms with van der Waals surface area (Å²) in [4.78, 5) is 28.4. The molecule has 2 heterocycles. The number of ether oxygens (including phenoxy) is 1. The van der Waals surface area contributed by atoms with Crippen molar-refractivity contribution in [3.8, 4) is 0 Å². The number of nitrogens with one attached hydrogen (secondary N) is 1. The first-order valence-electron chi connectivity index (χ1n) is 7.87. The van der Waals surface area contributed by atoms with Crippen molar-refractivity contribution in [1.82, 2.24) is 15.1 Å². The number of nitrogens with zero attached hydrogens (tertiary/aromatic N) is 2. The number of carbonyl (C=O) groups is 2. The lowest BCUT2D eigenvalue weighted by Crippen LogP contribution is -2.51. The zero-order chi connectivity index (χ0) is 15.4. The molecule has 6 heteroatoms. The number of likely N-dealkylation sites (tertiary alicyclic amines) is 1. The van der Waals surface area contributed by atoms with Crippen molar-refractivity contribution in [3.63, 3.8) is 0 Å². The molecule has 21 heavy (non-hydrogen) atoms. The molecular weight excluding hydrogens is 270 g/mol. The topological polar surface area (TPSA) is 61.9 Å². The molecule has 120 valence electrons. The Morgan fingerprint density at radius 2 is 2.10 bits per heavy atom. The number of amides is 2. The normalized spacial score (nSPS) is 27.1. The number of hydrogen-bond donors (Lipinski definition) is 1. The Hall–Kier alpha value is -1.14. The summed E-state index contributed by atoms with van der Waals surface area (Å²) in [6.07, 6.45) is 1.71. The molecule has 2 atom stereocenters. The minimum Gasteiger partial charge on any atom is -0.374 e. The van der Waals surface area contributed by atoms with Crippen LogP contribution in [0, 0.1) is 5.92 Å². The molecule has 0 aromatic carbocycles. The van der Waals surface area contributed by atoms with Gasteiger partial charge in [0.2, 0.25) is 11.8 Å². The summed E-state index contributed by atoms with van der Waals surface area (Å²) < 4.78 is 5.64. The number of likely N-dealkylation sites (N-methyl/N-ethyl adjacent to an activating group) is 1. The van der Waals surface area contributed by atoms with Gasteiger partial charge in [0.15, 0.2) is 0 Å². The largest absolute Gasteiger partial charge is 0.374 e. The number of hydrogen-bond acceptors (Lipinski definition) is 4. The van der Waals surface area contributed by atoms with Gasteiger partial charge < -0.3 is 19.9 Å². The van der Waals surface area contributed by atoms with Crippen molar-refractivity contribution in [2.24, 2.45) is 5.92 Å². The molecule has 2 unspecified atom stereocenters. The highest BCUT2D eigenvalue weighted by molar-refractivity contribution is 5.88. The van der Waals surface area contributed by atoms with Gasteiger partial charge in [0.05, 0.1) is 12.7 Å². The van der Waals surface area contributed by atoms with Crippen LogP contribution in [0.25, 0.3) is 0 Å². The van der Waals surface area contributed by atoms with Crippen LogP contribution in [-0.2, 0) is 14.3 Å². The summed E-state index contributed by atoms with van der Waals surface area (Å²) in [5.41, 5.74) is 0. The Labute approximate surface area is 126 Å². The highest BCUT2D eigenvalue weighted by atomic mass is 16.5. The van der Waals surface area contributed by atoms with Crippen LogP contribution in [0.3, 0.4) is 0 Å². The van der Waals surface area contributed by atoms with Crippen molar-refractivity contribution < 1.29 is 14.3 Å². The maximum Gasteiger partial charge on any atom is 0.242 e. The first-order chi connectivity index (χ1) is 9.99. The van der Waals surface area contributed by atoms with E-state index in [2.05, 4.69) is 17.3 Å². The Morgan fingerprint density at radius 1 is 1.33 bits per heavy atom. The highest BCUT2D eigenvalue weighted by Crippen LogP contribution is 2.20. The van der Waals surface area contributed by atoms with Crippen molar-refractivity contribution in [2.75, 3.05) is 39.8 Å². The molecular formula is C15H27N3O3. The first-order valence-corrected chi connectivity index (χ1v) is 7.87. The van der Waals surface area contributed by atoms with Crippen LogP contribution in [0.15, 0.2) is 0 Å². The van der Waals surface area contributed by atoms with Gasteiger partial charge in [-0.25, -0.2) is 0 Å². The quantitative estimate of drug-likeness (QED) is 0.798. The van der Waals surface area contributed by atoms with Crippen molar-refractivity contribution >= 4 is 11.8 Å². The van der Waals surface area contributed by atoms with Gasteiger partial charge in [-0.2, -0.15) is 0 Å². The van der Waals surface area contributed by atoms with Gasteiger partial charge in [0.1, 0.15) is 6.04 Å². The average Bonchev–Trinajstić information content (AvgIpc) is 2.93. The lowest BCUT2D eigenvalue weighted by atomic mass is 10.1. The predicted molar refractivity (Wildman–Crippen MR) is 79.8 cm³/mol. The molecule has 0 radical (unpaired) electrons. The van der Waals surface area contributed by atoms with Crippen LogP contribution in [0.4, 0.5) is 0 Å². The fourth-order valence-corrected chi connectivity index (χ4v) is 2.96. The number of morpholine rings is 1. The third-order valence-corrected chi connectivity index (χ3v) is 4.18. The second-order valence-corrected chi connectivity index (χ2v) is 6.34. The maximum absolute atomic E-state index is 12.3. The molecule has 2 saturated heterocycles. The zero-order valence-electron chi connectivity index (χ0n) is 13.3. The van der Waals surface area contributed by atoms with Gasteiger partial charge in [0.25, 0.3) is 0 Å². The summed E-state index contributed by atoms with van der Waals surface area (Å²) in [7, 11) is 2.05. The molecule has 0 bridgehead atoms. The van der Waals surface area contributed by atoms with Gasteiger partial charge in [-0.3, -0.25) is 9.59 Å². The number of carbonyl (C=O) groups excluding carboxylic acids is 2. The molecule has 6 nitrogen and oxygen atoms in total. The van der Waals surface area contributed by atoms with Gasteiger partial charge in [-0.1, -0.05) is 13.8 Å². The zero-order valence-corrected chi connectivity index (χ0v) is 13.3. The molecule has 0 aliphatic carbocycles. The maximum atomic E-state index is 12.3. The molecule has 0 saturated carbocycles. The Balaban J connectivity index is 1.83. The lowest BCUT2D eigenvalue weighted by Gasteiger charge is -2.31. The second-order valence-electron chi connectivity index (χ2n) is 6.34. The van der Waals surface area contributed by atoms with Crippen LogP contribution in [0.1, 0.15) is 26.7 Å². The van der Waals surface area contributed by atoms with E-state index in [1.165, 1.54) is 0 Å². The van der Waals surface area contributed by atoms with Crippen molar-refractivity contribution in [2.45, 2.75) is 38.8 Å². The third kappa shape index (κ3) is 4.17. The van der Waals surface area contributed by atoms with Gasteiger partial charge >= 0.3 is 0 Å². The van der Waals surface area contributed by atoms with E-state index < -0.39 is 0 Å². The van der Waals surface area contributed by atoms with Crippen LogP contribution in [-0.4, -0.2) is 73.6 Å². The van der Waals surface area contributed by atoms with E-state index in [1.54, 1.807) is 4.90 Å². The second kappa shape index (κ2) is 7.22. The predicted octanol–water partition coefficient (Wildman–Crippen LogP) is 0.0802. The van der Waals surface area contributed by atoms with Gasteiger partial charge in [-0.05, 0) is 19.9 Å². The van der Waals surface area contributed by atoms with Crippen molar-refractivity contribution in [1.29, 1.82) is 0 Å². The Morgan fingerprint density at radius 3 is 2.76 bits per heavy atom. The van der Waals surface area contributed by atoms with E-state index in [1.807, 2.05) is 13.8 Å². The SMILES string of the molecule is CC(C)C(=O)N1CCCC1C(=O)NCC1CN(C)CCO1. The Kier molecular flexibility index (Phi) is 5.58. The summed E-state index contributed by atoms with van der Waals surface area (Å²) >= 11 is 0. The Bertz CT molecular complexity index is 386. The third-order valence-electron chi connectivity index (χ3n) is 4.18. The first kappa shape index (κ1) is 16.2. The molecule has 0 spiro atoms. The molecule has 0 aromatic rings. The van der Waals surface area contributed by atoms with E-state index in [0.717, 1.165) is 25.9 Å². The fraction of sp³-hybridized carbons (Fsp3) is 0.867. The van der Waals surface area contributed by atoms with Crippen LogP contribution in [0.2, 0.25) is 0 Å². The van der Waals surface area contributed by atoms with Crippen molar-refractivity contribution in [3.05, 3.63) is 0 Å². The molecule has 1 N–H and O–H groups in total. The molecule has 2 fully saturated rings. The summed E-state index contributed by atoms with van der Waals surface area (Å²) in [5, 5.41) is 2.95. The van der Waals surface area contributed by atoms with E-state index in [0.29, 0.717) is 19.7 Å². The van der Waals surface area contributed by atoms with Gasteiger partial charge in [-0.15, -0.1) is 0 Å². The minimum absolute atomic E-state index is 0.0432. The van der Waals surface area contributed by atoms with Gasteiger partial charge in [0, 0.05) is 32.1 Å². The van der Waals surface area contributed by atoms with E-state index >= 15 is 0 Å². The number of rotatable bonds is 4. The fourth-order valence-electron chi connectivity index (χ4n) is 2.96. The lowest BCUT2D eigenvalue weighted by molar-refractivity contribution is -0.141. The smallest absolute Gasteiger partial charge is 0.242 e. The molecule has 2 aliphatic heterocycles. The summed E-state index contributed by atoms with van der Waals surface area (Å²) in [6, 6.07) is -0.304. The summed E-state index contributed by atoms with van der Waals surface area (Å²) in [5.74, 6) is -0.0339. The van der Waals surface area contributed by atoms with Crippen LogP contribution >= 0.6 is 0 Å². The van der Waals surface area contributed by atoms with Crippen LogP contribution < -0.4 is 5.32 Å². The monoisotopic (exact) mass is 297 g/mol. The highest BCUT2D eigenvalue weighted by Gasteiger charge is 2.35. The molecule has 2 rings (SSSR count). The summed E-state index contributed by atoms with van der Waals surface area (Å²) in [6.45, 7) is 7.44. The van der Waals surface area contributed by atoms with E-state index in [4.69, 9.17) is 4.74 Å². The van der Waals surface area contributed by atoms with E-state index in [-0.39, 0.29) is 29.9 Å². The molecule has 0 aromatic heterocycles.